The van der Waals surface area contributed by atoms with Gasteiger partial charge < -0.3 is 5.32 Å². The van der Waals surface area contributed by atoms with Crippen LogP contribution in [0.15, 0.2) is 12.3 Å². The number of anilines is 1. The van der Waals surface area contributed by atoms with Crippen LogP contribution >= 0.6 is 11.6 Å². The van der Waals surface area contributed by atoms with Crippen LogP contribution in [0, 0.1) is 11.3 Å². The van der Waals surface area contributed by atoms with E-state index in [-0.39, 0.29) is 5.15 Å². The number of aromatic nitrogens is 1. The Kier molecular flexibility index (Phi) is 3.53. The van der Waals surface area contributed by atoms with Gasteiger partial charge in [0, 0.05) is 12.7 Å². The second kappa shape index (κ2) is 4.68. The maximum absolute atomic E-state index is 8.78. The lowest BCUT2D eigenvalue weighted by atomic mass is 10.2. The fourth-order valence-corrected chi connectivity index (χ4v) is 1.15. The van der Waals surface area contributed by atoms with Crippen LogP contribution < -0.4 is 5.32 Å². The van der Waals surface area contributed by atoms with Crippen molar-refractivity contribution < 1.29 is 0 Å². The van der Waals surface area contributed by atoms with Crippen LogP contribution in [0.1, 0.15) is 18.9 Å². The summed E-state index contributed by atoms with van der Waals surface area (Å²) in [4.78, 5) is 3.82. The van der Waals surface area contributed by atoms with Gasteiger partial charge in [0.25, 0.3) is 0 Å². The standard InChI is InChI=1S/C9H10ClN3/c1-2-4-12-8-3-5-13-9(10)7(8)6-11/h3,5H,2,4H2,1H3,(H,12,13). The highest BCUT2D eigenvalue weighted by Crippen LogP contribution is 2.20. The van der Waals surface area contributed by atoms with E-state index in [1.807, 2.05) is 6.07 Å². The summed E-state index contributed by atoms with van der Waals surface area (Å²) in [6, 6.07) is 3.77. The lowest BCUT2D eigenvalue weighted by Crippen LogP contribution is -2.02. The van der Waals surface area contributed by atoms with Gasteiger partial charge >= 0.3 is 0 Å². The summed E-state index contributed by atoms with van der Waals surface area (Å²) in [5.41, 5.74) is 1.17. The molecule has 3 nitrogen and oxygen atoms in total. The minimum absolute atomic E-state index is 0.253. The van der Waals surface area contributed by atoms with Crippen LogP contribution in [-0.2, 0) is 0 Å². The molecule has 0 radical (unpaired) electrons. The third kappa shape index (κ3) is 2.33. The highest BCUT2D eigenvalue weighted by Gasteiger charge is 2.05. The lowest BCUT2D eigenvalue weighted by molar-refractivity contribution is 0.977. The van der Waals surface area contributed by atoms with Gasteiger partial charge in [-0.1, -0.05) is 18.5 Å². The zero-order valence-electron chi connectivity index (χ0n) is 7.34. The minimum Gasteiger partial charge on any atom is -0.384 e. The molecule has 1 N–H and O–H groups in total. The molecule has 1 rings (SSSR count). The Morgan fingerprint density at radius 3 is 3.08 bits per heavy atom. The van der Waals surface area contributed by atoms with Gasteiger partial charge in [0.1, 0.15) is 16.8 Å². The number of nitrogens with zero attached hydrogens (tertiary/aromatic N) is 2. The maximum atomic E-state index is 8.78. The number of rotatable bonds is 3. The summed E-state index contributed by atoms with van der Waals surface area (Å²) in [6.07, 6.45) is 2.59. The van der Waals surface area contributed by atoms with E-state index in [4.69, 9.17) is 16.9 Å². The second-order valence-electron chi connectivity index (χ2n) is 2.56. The summed E-state index contributed by atoms with van der Waals surface area (Å²) in [5, 5.41) is 12.1. The molecule has 0 atom stereocenters. The SMILES string of the molecule is CCCNc1ccnc(Cl)c1C#N. The molecule has 4 heteroatoms. The Morgan fingerprint density at radius 1 is 1.69 bits per heavy atom. The van der Waals surface area contributed by atoms with Gasteiger partial charge in [-0.15, -0.1) is 0 Å². The van der Waals surface area contributed by atoms with Gasteiger partial charge in [0.15, 0.2) is 0 Å². The van der Waals surface area contributed by atoms with Gasteiger partial charge in [-0.25, -0.2) is 4.98 Å². The first-order chi connectivity index (χ1) is 6.29. The highest BCUT2D eigenvalue weighted by atomic mass is 35.5. The summed E-state index contributed by atoms with van der Waals surface area (Å²) < 4.78 is 0. The number of nitrogens with one attached hydrogen (secondary N) is 1. The molecule has 1 aromatic rings. The van der Waals surface area contributed by atoms with E-state index in [0.29, 0.717) is 5.56 Å². The molecule has 0 unspecified atom stereocenters. The molecular formula is C9H10ClN3. The lowest BCUT2D eigenvalue weighted by Gasteiger charge is -2.06. The third-order valence-electron chi connectivity index (χ3n) is 1.58. The molecule has 0 aliphatic rings. The zero-order chi connectivity index (χ0) is 9.68. The number of nitriles is 1. The smallest absolute Gasteiger partial charge is 0.148 e. The van der Waals surface area contributed by atoms with E-state index >= 15 is 0 Å². The van der Waals surface area contributed by atoms with E-state index in [1.54, 1.807) is 12.3 Å². The topological polar surface area (TPSA) is 48.7 Å². The van der Waals surface area contributed by atoms with Crippen molar-refractivity contribution in [3.05, 3.63) is 23.0 Å². The van der Waals surface area contributed by atoms with Gasteiger partial charge in [0.2, 0.25) is 0 Å². The Morgan fingerprint density at radius 2 is 2.46 bits per heavy atom. The normalized spacial score (nSPS) is 9.31. The van der Waals surface area contributed by atoms with Gasteiger partial charge in [-0.2, -0.15) is 5.26 Å². The molecule has 0 aliphatic carbocycles. The van der Waals surface area contributed by atoms with Crippen LogP contribution in [0.4, 0.5) is 5.69 Å². The maximum Gasteiger partial charge on any atom is 0.148 e. The number of hydrogen-bond donors (Lipinski definition) is 1. The van der Waals surface area contributed by atoms with Gasteiger partial charge in [-0.05, 0) is 12.5 Å². The molecule has 68 valence electrons. The van der Waals surface area contributed by atoms with Crippen molar-refractivity contribution in [2.75, 3.05) is 11.9 Å². The summed E-state index contributed by atoms with van der Waals surface area (Å²) >= 11 is 5.73. The molecular weight excluding hydrogens is 186 g/mol. The van der Waals surface area contributed by atoms with Crippen LogP contribution in [0.3, 0.4) is 0 Å². The van der Waals surface area contributed by atoms with Crippen LogP contribution in [0.5, 0.6) is 0 Å². The average molecular weight is 196 g/mol. The molecule has 13 heavy (non-hydrogen) atoms. The summed E-state index contributed by atoms with van der Waals surface area (Å²) in [6.45, 7) is 2.89. The van der Waals surface area contributed by atoms with Crippen LogP contribution in [0.25, 0.3) is 0 Å². The van der Waals surface area contributed by atoms with E-state index in [9.17, 15) is 0 Å². The van der Waals surface area contributed by atoms with Crippen molar-refractivity contribution in [2.24, 2.45) is 0 Å². The van der Waals surface area contributed by atoms with Crippen molar-refractivity contribution >= 4 is 17.3 Å². The monoisotopic (exact) mass is 195 g/mol. The first-order valence-corrected chi connectivity index (χ1v) is 4.46. The van der Waals surface area contributed by atoms with Crippen molar-refractivity contribution in [3.8, 4) is 6.07 Å². The highest BCUT2D eigenvalue weighted by molar-refractivity contribution is 6.30. The van der Waals surface area contributed by atoms with Crippen molar-refractivity contribution in [1.82, 2.24) is 4.98 Å². The molecule has 0 bridgehead atoms. The predicted molar refractivity (Wildman–Crippen MR) is 52.7 cm³/mol. The Balaban J connectivity index is 2.93. The summed E-state index contributed by atoms with van der Waals surface area (Å²) in [7, 11) is 0. The van der Waals surface area contributed by atoms with Crippen LogP contribution in [0.2, 0.25) is 5.15 Å². The molecule has 0 aliphatic heterocycles. The molecule has 0 spiro atoms. The first-order valence-electron chi connectivity index (χ1n) is 4.08. The van der Waals surface area contributed by atoms with Crippen molar-refractivity contribution in [3.63, 3.8) is 0 Å². The first kappa shape index (κ1) is 9.82. The molecule has 0 fully saturated rings. The predicted octanol–water partition coefficient (Wildman–Crippen LogP) is 2.43. The van der Waals surface area contributed by atoms with E-state index < -0.39 is 0 Å². The van der Waals surface area contributed by atoms with Gasteiger partial charge in [0.05, 0.1) is 5.69 Å². The van der Waals surface area contributed by atoms with Crippen molar-refractivity contribution in [1.29, 1.82) is 5.26 Å². The number of halogens is 1. The Labute approximate surface area is 82.4 Å². The Bertz CT molecular complexity index is 330. The van der Waals surface area contributed by atoms with E-state index in [1.165, 1.54) is 0 Å². The quantitative estimate of drug-likeness (QED) is 0.754. The zero-order valence-corrected chi connectivity index (χ0v) is 8.10. The largest absolute Gasteiger partial charge is 0.384 e. The van der Waals surface area contributed by atoms with Crippen molar-refractivity contribution in [2.45, 2.75) is 13.3 Å². The Hall–Kier alpha value is -1.27. The average Bonchev–Trinajstić information content (AvgIpc) is 2.15. The fraction of sp³-hybridized carbons (Fsp3) is 0.333. The minimum atomic E-state index is 0.253. The third-order valence-corrected chi connectivity index (χ3v) is 1.87. The molecule has 0 saturated heterocycles. The number of hydrogen-bond acceptors (Lipinski definition) is 3. The number of pyridine rings is 1. The van der Waals surface area contributed by atoms with E-state index in [0.717, 1.165) is 18.7 Å². The summed E-state index contributed by atoms with van der Waals surface area (Å²) in [5.74, 6) is 0. The molecule has 0 saturated carbocycles. The molecule has 1 heterocycles. The second-order valence-corrected chi connectivity index (χ2v) is 2.92. The molecule has 0 aromatic carbocycles. The molecule has 1 aromatic heterocycles. The van der Waals surface area contributed by atoms with E-state index in [2.05, 4.69) is 17.2 Å². The van der Waals surface area contributed by atoms with Gasteiger partial charge in [-0.3, -0.25) is 0 Å². The fourth-order valence-electron chi connectivity index (χ4n) is 0.950. The molecule has 0 amide bonds. The van der Waals surface area contributed by atoms with Crippen LogP contribution in [-0.4, -0.2) is 11.5 Å².